The van der Waals surface area contributed by atoms with Crippen molar-refractivity contribution in [3.05, 3.63) is 42.2 Å². The summed E-state index contributed by atoms with van der Waals surface area (Å²) in [5.41, 5.74) is 1.37. The fourth-order valence-corrected chi connectivity index (χ4v) is 3.18. The van der Waals surface area contributed by atoms with E-state index in [1.807, 2.05) is 24.2 Å². The molecule has 0 saturated carbocycles. The standard InChI is InChI=1S/C17H24N2S/c1-4-9-19-17(12-20-13(2)3)15-7-5-6-14-8-10-18-11-16(14)15/h5-8,10-11,13,17,19H,4,9,12H2,1-3H3. The molecule has 0 aliphatic heterocycles. The third kappa shape index (κ3) is 3.97. The van der Waals surface area contributed by atoms with Crippen LogP contribution in [0.25, 0.3) is 10.8 Å². The summed E-state index contributed by atoms with van der Waals surface area (Å²) in [6, 6.07) is 9.03. The zero-order valence-corrected chi connectivity index (χ0v) is 13.4. The van der Waals surface area contributed by atoms with Crippen LogP contribution in [-0.4, -0.2) is 22.5 Å². The molecule has 2 nitrogen and oxygen atoms in total. The number of aromatic nitrogens is 1. The van der Waals surface area contributed by atoms with Gasteiger partial charge in [-0.3, -0.25) is 4.98 Å². The van der Waals surface area contributed by atoms with Gasteiger partial charge in [-0.25, -0.2) is 0 Å². The lowest BCUT2D eigenvalue weighted by atomic mass is 10.0. The van der Waals surface area contributed by atoms with Crippen LogP contribution in [0.15, 0.2) is 36.7 Å². The van der Waals surface area contributed by atoms with Crippen LogP contribution >= 0.6 is 11.8 Å². The Kier molecular flexibility index (Phi) is 5.86. The Bertz CT molecular complexity index is 534. The second-order valence-electron chi connectivity index (χ2n) is 5.33. The van der Waals surface area contributed by atoms with Crippen LogP contribution in [0.2, 0.25) is 0 Å². The monoisotopic (exact) mass is 288 g/mol. The minimum absolute atomic E-state index is 0.398. The molecular formula is C17H24N2S. The molecule has 2 rings (SSSR count). The predicted molar refractivity (Wildman–Crippen MR) is 90.4 cm³/mol. The number of thioether (sulfide) groups is 1. The number of fused-ring (bicyclic) bond motifs is 1. The molecule has 0 aliphatic rings. The average molecular weight is 288 g/mol. The third-order valence-electron chi connectivity index (χ3n) is 3.33. The minimum Gasteiger partial charge on any atom is -0.309 e. The number of rotatable bonds is 7. The first-order valence-electron chi connectivity index (χ1n) is 7.40. The van der Waals surface area contributed by atoms with Gasteiger partial charge in [-0.1, -0.05) is 39.0 Å². The molecule has 1 N–H and O–H groups in total. The Hall–Kier alpha value is -1.06. The summed E-state index contributed by atoms with van der Waals surface area (Å²) in [7, 11) is 0. The molecule has 0 radical (unpaired) electrons. The number of hydrogen-bond donors (Lipinski definition) is 1. The molecule has 1 aromatic carbocycles. The SMILES string of the molecule is CCCNC(CSC(C)C)c1cccc2ccncc12. The second-order valence-corrected chi connectivity index (χ2v) is 6.94. The summed E-state index contributed by atoms with van der Waals surface area (Å²) < 4.78 is 0. The Labute approximate surface area is 126 Å². The molecule has 0 saturated heterocycles. The molecule has 1 heterocycles. The summed E-state index contributed by atoms with van der Waals surface area (Å²) in [4.78, 5) is 4.30. The Balaban J connectivity index is 2.29. The van der Waals surface area contributed by atoms with Gasteiger partial charge in [0.2, 0.25) is 0 Å². The van der Waals surface area contributed by atoms with Gasteiger partial charge in [0.05, 0.1) is 0 Å². The molecule has 0 spiro atoms. The zero-order valence-electron chi connectivity index (χ0n) is 12.6. The lowest BCUT2D eigenvalue weighted by Gasteiger charge is -2.21. The van der Waals surface area contributed by atoms with Gasteiger partial charge >= 0.3 is 0 Å². The highest BCUT2D eigenvalue weighted by Gasteiger charge is 2.14. The first-order chi connectivity index (χ1) is 9.72. The Morgan fingerprint density at radius 2 is 2.10 bits per heavy atom. The zero-order chi connectivity index (χ0) is 14.4. The normalized spacial score (nSPS) is 13.0. The number of nitrogens with one attached hydrogen (secondary N) is 1. The number of nitrogens with zero attached hydrogens (tertiary/aromatic N) is 1. The smallest absolute Gasteiger partial charge is 0.0418 e. The van der Waals surface area contributed by atoms with Gasteiger partial charge in [0.1, 0.15) is 0 Å². The lowest BCUT2D eigenvalue weighted by Crippen LogP contribution is -2.25. The van der Waals surface area contributed by atoms with Crippen LogP contribution in [0.4, 0.5) is 0 Å². The molecule has 2 aromatic rings. The van der Waals surface area contributed by atoms with Crippen molar-refractivity contribution in [1.29, 1.82) is 0 Å². The van der Waals surface area contributed by atoms with E-state index in [0.29, 0.717) is 11.3 Å². The van der Waals surface area contributed by atoms with Gasteiger partial charge in [-0.05, 0) is 35.2 Å². The first-order valence-corrected chi connectivity index (χ1v) is 8.45. The van der Waals surface area contributed by atoms with E-state index in [0.717, 1.165) is 18.7 Å². The van der Waals surface area contributed by atoms with E-state index in [2.05, 4.69) is 55.3 Å². The van der Waals surface area contributed by atoms with Crippen LogP contribution in [0.5, 0.6) is 0 Å². The molecule has 20 heavy (non-hydrogen) atoms. The van der Waals surface area contributed by atoms with Crippen LogP contribution < -0.4 is 5.32 Å². The third-order valence-corrected chi connectivity index (χ3v) is 4.52. The Morgan fingerprint density at radius 3 is 2.85 bits per heavy atom. The molecule has 108 valence electrons. The van der Waals surface area contributed by atoms with Crippen LogP contribution in [0.3, 0.4) is 0 Å². The maximum Gasteiger partial charge on any atom is 0.0418 e. The van der Waals surface area contributed by atoms with E-state index in [1.165, 1.54) is 16.3 Å². The fourth-order valence-electron chi connectivity index (χ4n) is 2.31. The average Bonchev–Trinajstić information content (AvgIpc) is 2.47. The topological polar surface area (TPSA) is 24.9 Å². The summed E-state index contributed by atoms with van der Waals surface area (Å²) in [6.07, 6.45) is 5.01. The minimum atomic E-state index is 0.398. The molecule has 0 amide bonds. The van der Waals surface area contributed by atoms with E-state index < -0.39 is 0 Å². The molecular weight excluding hydrogens is 264 g/mol. The first kappa shape index (κ1) is 15.3. The van der Waals surface area contributed by atoms with Crippen molar-refractivity contribution in [3.63, 3.8) is 0 Å². The van der Waals surface area contributed by atoms with Crippen molar-refractivity contribution in [2.45, 2.75) is 38.5 Å². The summed E-state index contributed by atoms with van der Waals surface area (Å²) in [5.74, 6) is 1.10. The van der Waals surface area contributed by atoms with Gasteiger partial charge < -0.3 is 5.32 Å². The van der Waals surface area contributed by atoms with E-state index >= 15 is 0 Å². The van der Waals surface area contributed by atoms with Crippen LogP contribution in [0.1, 0.15) is 38.8 Å². The van der Waals surface area contributed by atoms with E-state index in [4.69, 9.17) is 0 Å². The quantitative estimate of drug-likeness (QED) is 0.816. The van der Waals surface area contributed by atoms with E-state index in [-0.39, 0.29) is 0 Å². The van der Waals surface area contributed by atoms with Crippen molar-refractivity contribution in [2.24, 2.45) is 0 Å². The maximum atomic E-state index is 4.30. The summed E-state index contributed by atoms with van der Waals surface area (Å²) >= 11 is 2.01. The molecule has 0 bridgehead atoms. The molecule has 0 aliphatic carbocycles. The number of benzene rings is 1. The van der Waals surface area contributed by atoms with Gasteiger partial charge in [0, 0.05) is 29.6 Å². The largest absolute Gasteiger partial charge is 0.309 e. The maximum absolute atomic E-state index is 4.30. The fraction of sp³-hybridized carbons (Fsp3) is 0.471. The lowest BCUT2D eigenvalue weighted by molar-refractivity contribution is 0.580. The van der Waals surface area contributed by atoms with Crippen molar-refractivity contribution in [1.82, 2.24) is 10.3 Å². The van der Waals surface area contributed by atoms with Gasteiger partial charge in [0.15, 0.2) is 0 Å². The van der Waals surface area contributed by atoms with Gasteiger partial charge in [-0.2, -0.15) is 11.8 Å². The van der Waals surface area contributed by atoms with Crippen molar-refractivity contribution < 1.29 is 0 Å². The van der Waals surface area contributed by atoms with Crippen LogP contribution in [0, 0.1) is 0 Å². The van der Waals surface area contributed by atoms with Crippen molar-refractivity contribution >= 4 is 22.5 Å². The number of pyridine rings is 1. The predicted octanol–water partition coefficient (Wildman–Crippen LogP) is 4.42. The van der Waals surface area contributed by atoms with E-state index in [1.54, 1.807) is 0 Å². The molecule has 1 atom stereocenters. The van der Waals surface area contributed by atoms with Crippen LogP contribution in [-0.2, 0) is 0 Å². The van der Waals surface area contributed by atoms with Gasteiger partial charge in [-0.15, -0.1) is 0 Å². The molecule has 0 fully saturated rings. The highest BCUT2D eigenvalue weighted by atomic mass is 32.2. The van der Waals surface area contributed by atoms with E-state index in [9.17, 15) is 0 Å². The second kappa shape index (κ2) is 7.65. The highest BCUT2D eigenvalue weighted by molar-refractivity contribution is 7.99. The molecule has 1 aromatic heterocycles. The number of hydrogen-bond acceptors (Lipinski definition) is 3. The van der Waals surface area contributed by atoms with Crippen molar-refractivity contribution in [3.8, 4) is 0 Å². The summed E-state index contributed by atoms with van der Waals surface area (Å²) in [5, 5.41) is 6.89. The molecule has 1 unspecified atom stereocenters. The van der Waals surface area contributed by atoms with Gasteiger partial charge in [0.25, 0.3) is 0 Å². The van der Waals surface area contributed by atoms with Crippen molar-refractivity contribution in [2.75, 3.05) is 12.3 Å². The Morgan fingerprint density at radius 1 is 1.25 bits per heavy atom. The molecule has 3 heteroatoms. The summed E-state index contributed by atoms with van der Waals surface area (Å²) in [6.45, 7) is 7.78. The highest BCUT2D eigenvalue weighted by Crippen LogP contribution is 2.27.